The Bertz CT molecular complexity index is 1240. The molecule has 2 aliphatic rings. The Labute approximate surface area is 207 Å². The van der Waals surface area contributed by atoms with E-state index in [0.717, 1.165) is 18.4 Å². The van der Waals surface area contributed by atoms with E-state index >= 15 is 0 Å². The fourth-order valence-corrected chi connectivity index (χ4v) is 5.90. The number of carboxylic acids is 1. The third kappa shape index (κ3) is 4.99. The van der Waals surface area contributed by atoms with Gasteiger partial charge < -0.3 is 20.3 Å². The molecule has 0 heterocycles. The average molecular weight is 474 g/mol. The molecule has 184 valence electrons. The van der Waals surface area contributed by atoms with Crippen molar-refractivity contribution in [2.45, 2.75) is 57.3 Å². The summed E-state index contributed by atoms with van der Waals surface area (Å²) in [6.07, 6.45) is 0.909. The van der Waals surface area contributed by atoms with Crippen LogP contribution in [0.2, 0.25) is 0 Å². The van der Waals surface area contributed by atoms with Crippen LogP contribution in [-0.2, 0) is 22.4 Å². The van der Waals surface area contributed by atoms with Crippen molar-refractivity contribution in [3.8, 4) is 0 Å². The zero-order valence-corrected chi connectivity index (χ0v) is 20.7. The van der Waals surface area contributed by atoms with Crippen molar-refractivity contribution in [2.24, 2.45) is 11.8 Å². The summed E-state index contributed by atoms with van der Waals surface area (Å²) in [6.45, 7) is 7.01. The van der Waals surface area contributed by atoms with Gasteiger partial charge in [0.15, 0.2) is 0 Å². The number of aliphatic carboxylic acids is 1. The van der Waals surface area contributed by atoms with Crippen LogP contribution in [0.15, 0.2) is 60.7 Å². The second-order valence-corrected chi connectivity index (χ2v) is 10.9. The molecule has 0 aromatic heterocycles. The number of fused-ring (bicyclic) bond motifs is 4. The normalized spacial score (nSPS) is 22.5. The maximum absolute atomic E-state index is 11.4. The molecule has 1 saturated carbocycles. The second-order valence-electron chi connectivity index (χ2n) is 10.9. The number of benzene rings is 3. The van der Waals surface area contributed by atoms with E-state index in [2.05, 4.69) is 73.8 Å². The fraction of sp³-hybridized carbons (Fsp3) is 0.433. The summed E-state index contributed by atoms with van der Waals surface area (Å²) in [6, 6.07) is 21.1. The third-order valence-electron chi connectivity index (χ3n) is 7.75. The van der Waals surface area contributed by atoms with Crippen molar-refractivity contribution in [1.29, 1.82) is 0 Å². The van der Waals surface area contributed by atoms with Crippen molar-refractivity contribution in [1.82, 2.24) is 5.32 Å². The van der Waals surface area contributed by atoms with E-state index in [9.17, 15) is 15.0 Å². The minimum Gasteiger partial charge on any atom is -0.481 e. The molecular formula is C30H35NO4. The molecule has 3 aromatic rings. The molecule has 5 heteroatoms. The molecule has 35 heavy (non-hydrogen) atoms. The Balaban J connectivity index is 1.12. The van der Waals surface area contributed by atoms with Crippen LogP contribution in [0.1, 0.15) is 55.0 Å². The maximum atomic E-state index is 11.4. The van der Waals surface area contributed by atoms with E-state index in [0.29, 0.717) is 6.54 Å². The number of carboxylic acid groups (broad SMARTS) is 1. The molecule has 0 amide bonds. The predicted octanol–water partition coefficient (Wildman–Crippen LogP) is 4.86. The minimum absolute atomic E-state index is 0.147. The van der Waals surface area contributed by atoms with Gasteiger partial charge in [-0.15, -0.1) is 0 Å². The van der Waals surface area contributed by atoms with Crippen molar-refractivity contribution in [3.63, 3.8) is 0 Å². The molecule has 0 saturated heterocycles. The van der Waals surface area contributed by atoms with Gasteiger partial charge in [0.25, 0.3) is 0 Å². The Morgan fingerprint density at radius 3 is 2.66 bits per heavy atom. The Hall–Kier alpha value is -2.73. The number of aliphatic hydroxyl groups is 1. The monoisotopic (exact) mass is 473 g/mol. The highest BCUT2D eigenvalue weighted by atomic mass is 16.5. The van der Waals surface area contributed by atoms with Crippen LogP contribution in [0.3, 0.4) is 0 Å². The molecule has 5 rings (SSSR count). The van der Waals surface area contributed by atoms with E-state index in [4.69, 9.17) is 4.74 Å². The molecule has 5 nitrogen and oxygen atoms in total. The van der Waals surface area contributed by atoms with Crippen LogP contribution in [-0.4, -0.2) is 41.0 Å². The first kappa shape index (κ1) is 24.0. The number of aliphatic hydroxyl groups excluding tert-OH is 1. The highest BCUT2D eigenvalue weighted by Gasteiger charge is 2.60. The molecule has 5 atom stereocenters. The fourth-order valence-electron chi connectivity index (χ4n) is 5.90. The molecule has 0 radical (unpaired) electrons. The molecule has 0 aliphatic heterocycles. The SMILES string of the molecule is C[C@@H](OC[C@H](O)CNC(C)(C)Cc1ccc2ccccc2c1)c1cccc2c1C[C@@H]1C(C(=O)O)[C@H]21. The zero-order valence-electron chi connectivity index (χ0n) is 20.7. The average Bonchev–Trinajstić information content (AvgIpc) is 3.43. The summed E-state index contributed by atoms with van der Waals surface area (Å²) in [5.74, 6) is -0.510. The van der Waals surface area contributed by atoms with Gasteiger partial charge in [-0.1, -0.05) is 60.7 Å². The van der Waals surface area contributed by atoms with Crippen molar-refractivity contribution in [3.05, 3.63) is 82.9 Å². The Morgan fingerprint density at radius 2 is 1.89 bits per heavy atom. The van der Waals surface area contributed by atoms with Crippen LogP contribution in [0.25, 0.3) is 10.8 Å². The van der Waals surface area contributed by atoms with Gasteiger partial charge in [0.05, 0.1) is 24.7 Å². The summed E-state index contributed by atoms with van der Waals surface area (Å²) < 4.78 is 6.06. The van der Waals surface area contributed by atoms with Crippen molar-refractivity contribution < 1.29 is 19.7 Å². The summed E-state index contributed by atoms with van der Waals surface area (Å²) in [5, 5.41) is 26.0. The first-order chi connectivity index (χ1) is 16.7. The zero-order chi connectivity index (χ0) is 24.7. The highest BCUT2D eigenvalue weighted by Crippen LogP contribution is 2.62. The van der Waals surface area contributed by atoms with Gasteiger partial charge in [0.1, 0.15) is 0 Å². The summed E-state index contributed by atoms with van der Waals surface area (Å²) in [5.41, 5.74) is 4.64. The van der Waals surface area contributed by atoms with E-state index in [1.807, 2.05) is 13.0 Å². The van der Waals surface area contributed by atoms with Crippen LogP contribution in [0, 0.1) is 11.8 Å². The van der Waals surface area contributed by atoms with Crippen molar-refractivity contribution in [2.75, 3.05) is 13.2 Å². The summed E-state index contributed by atoms with van der Waals surface area (Å²) in [4.78, 5) is 11.4. The smallest absolute Gasteiger partial charge is 0.307 e. The molecular weight excluding hydrogens is 438 g/mol. The number of rotatable bonds is 10. The minimum atomic E-state index is -0.681. The van der Waals surface area contributed by atoms with E-state index in [1.165, 1.54) is 27.5 Å². The largest absolute Gasteiger partial charge is 0.481 e. The number of carbonyl (C=O) groups is 1. The molecule has 3 aromatic carbocycles. The van der Waals surface area contributed by atoms with Gasteiger partial charge in [-0.05, 0) is 72.6 Å². The van der Waals surface area contributed by atoms with Gasteiger partial charge in [-0.2, -0.15) is 0 Å². The Kier molecular flexibility index (Phi) is 6.43. The van der Waals surface area contributed by atoms with Crippen LogP contribution in [0.4, 0.5) is 0 Å². The highest BCUT2D eigenvalue weighted by molar-refractivity contribution is 5.83. The molecule has 1 unspecified atom stereocenters. The molecule has 0 bridgehead atoms. The standard InChI is InChI=1S/C30H35NO4/c1-18(23-9-6-10-24-25(23)14-26-27(24)28(26)29(33)34)35-17-22(32)16-31-30(2,3)15-19-11-12-20-7-4-5-8-21(20)13-19/h4-13,18,22,26-28,31-32H,14-17H2,1-3H3,(H,33,34)/t18-,22-,26+,27-,28?/m1/s1. The lowest BCUT2D eigenvalue weighted by Gasteiger charge is -2.28. The molecule has 1 fully saturated rings. The van der Waals surface area contributed by atoms with Gasteiger partial charge in [-0.3, -0.25) is 4.79 Å². The lowest BCUT2D eigenvalue weighted by molar-refractivity contribution is -0.139. The summed E-state index contributed by atoms with van der Waals surface area (Å²) >= 11 is 0. The number of β-amino-alcohol motifs (C(OH)–C–C–N with tert-alkyl or cyclic N) is 1. The van der Waals surface area contributed by atoms with Gasteiger partial charge in [-0.25, -0.2) is 0 Å². The molecule has 0 spiro atoms. The van der Waals surface area contributed by atoms with E-state index in [-0.39, 0.29) is 36.0 Å². The van der Waals surface area contributed by atoms with Crippen LogP contribution in [0.5, 0.6) is 0 Å². The predicted molar refractivity (Wildman–Crippen MR) is 138 cm³/mol. The number of nitrogens with one attached hydrogen (secondary N) is 1. The maximum Gasteiger partial charge on any atom is 0.307 e. The Morgan fingerprint density at radius 1 is 1.11 bits per heavy atom. The summed E-state index contributed by atoms with van der Waals surface area (Å²) in [7, 11) is 0. The lowest BCUT2D eigenvalue weighted by Crippen LogP contribution is -2.46. The quantitative estimate of drug-likeness (QED) is 0.392. The van der Waals surface area contributed by atoms with Crippen molar-refractivity contribution >= 4 is 16.7 Å². The second kappa shape index (κ2) is 9.38. The van der Waals surface area contributed by atoms with E-state index in [1.54, 1.807) is 0 Å². The number of ether oxygens (including phenoxy) is 1. The van der Waals surface area contributed by atoms with E-state index < -0.39 is 12.1 Å². The van der Waals surface area contributed by atoms with Gasteiger partial charge in [0.2, 0.25) is 0 Å². The van der Waals surface area contributed by atoms with Crippen LogP contribution >= 0.6 is 0 Å². The van der Waals surface area contributed by atoms with Gasteiger partial charge in [0, 0.05) is 18.0 Å². The molecule has 2 aliphatic carbocycles. The molecule has 3 N–H and O–H groups in total. The van der Waals surface area contributed by atoms with Crippen LogP contribution < -0.4 is 5.32 Å². The lowest BCUT2D eigenvalue weighted by atomic mass is 9.93. The first-order valence-corrected chi connectivity index (χ1v) is 12.6. The first-order valence-electron chi connectivity index (χ1n) is 12.6. The topological polar surface area (TPSA) is 78.8 Å². The number of hydrogen-bond acceptors (Lipinski definition) is 4. The number of hydrogen-bond donors (Lipinski definition) is 3. The third-order valence-corrected chi connectivity index (χ3v) is 7.75. The van der Waals surface area contributed by atoms with Gasteiger partial charge >= 0.3 is 5.97 Å².